The average Bonchev–Trinajstić information content (AvgIpc) is 2.71. The van der Waals surface area contributed by atoms with E-state index in [2.05, 4.69) is 11.2 Å². The second-order valence-electron chi connectivity index (χ2n) is 3.94. The smallest absolute Gasteiger partial charge is 0.0576 e. The predicted molar refractivity (Wildman–Crippen MR) is 59.1 cm³/mol. The Morgan fingerprint density at radius 3 is 3.00 bits per heavy atom. The first-order chi connectivity index (χ1) is 6.86. The van der Waals surface area contributed by atoms with E-state index in [0.29, 0.717) is 12.1 Å². The van der Waals surface area contributed by atoms with Crippen LogP contribution in [0, 0.1) is 12.3 Å². The molecule has 2 unspecified atom stereocenters. The van der Waals surface area contributed by atoms with Gasteiger partial charge in [0.2, 0.25) is 0 Å². The molecule has 0 aromatic heterocycles. The Hall–Kier alpha value is -0.520. The molecular formula is C12H21NO. The summed E-state index contributed by atoms with van der Waals surface area (Å²) in [4.78, 5) is 0. The highest BCUT2D eigenvalue weighted by Crippen LogP contribution is 2.18. The highest BCUT2D eigenvalue weighted by atomic mass is 16.5. The van der Waals surface area contributed by atoms with E-state index in [1.54, 1.807) is 0 Å². The van der Waals surface area contributed by atoms with Gasteiger partial charge >= 0.3 is 0 Å². The van der Waals surface area contributed by atoms with Gasteiger partial charge in [-0.25, -0.2) is 0 Å². The van der Waals surface area contributed by atoms with E-state index in [4.69, 9.17) is 11.2 Å². The molecule has 1 aliphatic rings. The summed E-state index contributed by atoms with van der Waals surface area (Å²) in [6.45, 7) is 0.958. The van der Waals surface area contributed by atoms with Crippen LogP contribution in [0.15, 0.2) is 0 Å². The fraction of sp³-hybridized carbons (Fsp3) is 0.833. The number of nitrogens with one attached hydrogen (secondary N) is 1. The molecule has 80 valence electrons. The fourth-order valence-electron chi connectivity index (χ4n) is 1.95. The lowest BCUT2D eigenvalue weighted by Crippen LogP contribution is -2.26. The summed E-state index contributed by atoms with van der Waals surface area (Å²) in [5, 5.41) is 3.31. The summed E-state index contributed by atoms with van der Waals surface area (Å²) in [6.07, 6.45) is 12.6. The molecule has 0 amide bonds. The van der Waals surface area contributed by atoms with Crippen LogP contribution in [0.25, 0.3) is 0 Å². The number of ether oxygens (including phenoxy) is 1. The molecule has 1 aliphatic heterocycles. The summed E-state index contributed by atoms with van der Waals surface area (Å²) in [6, 6.07) is 0.565. The lowest BCUT2D eigenvalue weighted by atomic mass is 10.0. The number of rotatable bonds is 6. The van der Waals surface area contributed by atoms with Crippen LogP contribution in [-0.2, 0) is 4.74 Å². The number of terminal acetylenes is 1. The minimum absolute atomic E-state index is 0.511. The molecule has 0 aromatic carbocycles. The summed E-state index contributed by atoms with van der Waals surface area (Å²) in [5.41, 5.74) is 0. The zero-order valence-corrected chi connectivity index (χ0v) is 9.09. The van der Waals surface area contributed by atoms with Gasteiger partial charge in [0.25, 0.3) is 0 Å². The van der Waals surface area contributed by atoms with Crippen molar-refractivity contribution in [2.24, 2.45) is 0 Å². The minimum atomic E-state index is 0.511. The van der Waals surface area contributed by atoms with Crippen molar-refractivity contribution < 1.29 is 4.74 Å². The van der Waals surface area contributed by atoms with Crippen molar-refractivity contribution in [3.05, 3.63) is 0 Å². The second-order valence-corrected chi connectivity index (χ2v) is 3.94. The zero-order valence-electron chi connectivity index (χ0n) is 9.09. The van der Waals surface area contributed by atoms with Gasteiger partial charge < -0.3 is 10.1 Å². The largest absolute Gasteiger partial charge is 0.378 e. The van der Waals surface area contributed by atoms with E-state index in [9.17, 15) is 0 Å². The number of hydrogen-bond donors (Lipinski definition) is 1. The first-order valence-corrected chi connectivity index (χ1v) is 5.59. The van der Waals surface area contributed by atoms with Crippen molar-refractivity contribution in [2.75, 3.05) is 13.7 Å². The topological polar surface area (TPSA) is 21.3 Å². The van der Waals surface area contributed by atoms with Gasteiger partial charge in [-0.1, -0.05) is 0 Å². The Bertz CT molecular complexity index is 179. The van der Waals surface area contributed by atoms with Crippen LogP contribution in [-0.4, -0.2) is 25.8 Å². The maximum atomic E-state index is 5.58. The van der Waals surface area contributed by atoms with Gasteiger partial charge in [0.1, 0.15) is 0 Å². The Morgan fingerprint density at radius 1 is 1.57 bits per heavy atom. The van der Waals surface area contributed by atoms with E-state index >= 15 is 0 Å². The molecule has 0 aromatic rings. The minimum Gasteiger partial charge on any atom is -0.378 e. The molecule has 2 nitrogen and oxygen atoms in total. The molecule has 14 heavy (non-hydrogen) atoms. The second kappa shape index (κ2) is 6.86. The molecule has 1 saturated heterocycles. The van der Waals surface area contributed by atoms with Crippen LogP contribution >= 0.6 is 0 Å². The first-order valence-electron chi connectivity index (χ1n) is 5.59. The van der Waals surface area contributed by atoms with Gasteiger partial charge in [-0.3, -0.25) is 0 Å². The van der Waals surface area contributed by atoms with E-state index in [-0.39, 0.29) is 0 Å². The normalized spacial score (nSPS) is 23.3. The summed E-state index contributed by atoms with van der Waals surface area (Å²) < 4.78 is 5.58. The van der Waals surface area contributed by atoms with Crippen molar-refractivity contribution in [3.63, 3.8) is 0 Å². The molecule has 2 heteroatoms. The van der Waals surface area contributed by atoms with E-state index < -0.39 is 0 Å². The van der Waals surface area contributed by atoms with Crippen molar-refractivity contribution in [1.29, 1.82) is 0 Å². The molecule has 1 N–H and O–H groups in total. The monoisotopic (exact) mass is 195 g/mol. The van der Waals surface area contributed by atoms with Gasteiger partial charge in [0.15, 0.2) is 0 Å². The highest BCUT2D eigenvalue weighted by molar-refractivity contribution is 4.85. The average molecular weight is 195 g/mol. The summed E-state index contributed by atoms with van der Waals surface area (Å²) >= 11 is 0. The van der Waals surface area contributed by atoms with Crippen LogP contribution in [0.2, 0.25) is 0 Å². The molecule has 1 heterocycles. The molecule has 1 fully saturated rings. The Labute approximate surface area is 87.4 Å². The Morgan fingerprint density at radius 2 is 2.43 bits per heavy atom. The lowest BCUT2D eigenvalue weighted by Gasteiger charge is -2.17. The lowest BCUT2D eigenvalue weighted by molar-refractivity contribution is 0.0996. The van der Waals surface area contributed by atoms with Crippen LogP contribution < -0.4 is 5.32 Å². The van der Waals surface area contributed by atoms with Crippen LogP contribution in [0.3, 0.4) is 0 Å². The Kier molecular flexibility index (Phi) is 5.66. The molecule has 1 rings (SSSR count). The zero-order chi connectivity index (χ0) is 10.2. The van der Waals surface area contributed by atoms with Crippen LogP contribution in [0.5, 0.6) is 0 Å². The van der Waals surface area contributed by atoms with Crippen molar-refractivity contribution in [1.82, 2.24) is 5.32 Å². The first kappa shape index (κ1) is 11.6. The molecule has 0 bridgehead atoms. The van der Waals surface area contributed by atoms with Gasteiger partial charge in [-0.05, 0) is 39.2 Å². The standard InChI is InChI=1S/C12H21NO/c1-3-4-6-11(13-2)8-9-12-7-5-10-14-12/h1,11-13H,4-10H2,2H3. The van der Waals surface area contributed by atoms with Gasteiger partial charge in [0.05, 0.1) is 6.10 Å². The highest BCUT2D eigenvalue weighted by Gasteiger charge is 2.16. The molecule has 0 saturated carbocycles. The molecule has 0 spiro atoms. The van der Waals surface area contributed by atoms with E-state index in [1.165, 1.54) is 25.7 Å². The van der Waals surface area contributed by atoms with Crippen molar-refractivity contribution in [2.45, 2.75) is 50.7 Å². The van der Waals surface area contributed by atoms with Crippen molar-refractivity contribution >= 4 is 0 Å². The fourth-order valence-corrected chi connectivity index (χ4v) is 1.95. The quantitative estimate of drug-likeness (QED) is 0.654. The maximum Gasteiger partial charge on any atom is 0.0576 e. The van der Waals surface area contributed by atoms with Gasteiger partial charge in [-0.2, -0.15) is 0 Å². The Balaban J connectivity index is 2.10. The van der Waals surface area contributed by atoms with Crippen LogP contribution in [0.4, 0.5) is 0 Å². The predicted octanol–water partition coefficient (Wildman–Crippen LogP) is 1.95. The number of hydrogen-bond acceptors (Lipinski definition) is 2. The third-order valence-electron chi connectivity index (χ3n) is 2.91. The third kappa shape index (κ3) is 4.13. The van der Waals surface area contributed by atoms with Crippen LogP contribution in [0.1, 0.15) is 38.5 Å². The maximum absolute atomic E-state index is 5.58. The third-order valence-corrected chi connectivity index (χ3v) is 2.91. The summed E-state index contributed by atoms with van der Waals surface area (Å²) in [5.74, 6) is 2.69. The van der Waals surface area contributed by atoms with E-state index in [0.717, 1.165) is 19.4 Å². The van der Waals surface area contributed by atoms with Gasteiger partial charge in [0, 0.05) is 19.1 Å². The molecular weight excluding hydrogens is 174 g/mol. The summed E-state index contributed by atoms with van der Waals surface area (Å²) in [7, 11) is 2.01. The van der Waals surface area contributed by atoms with Gasteiger partial charge in [-0.15, -0.1) is 12.3 Å². The van der Waals surface area contributed by atoms with Crippen molar-refractivity contribution in [3.8, 4) is 12.3 Å². The SMILES string of the molecule is C#CCCC(CCC1CCCO1)NC. The molecule has 2 atom stereocenters. The molecule has 0 aliphatic carbocycles. The molecule has 0 radical (unpaired) electrons. The van der Waals surface area contributed by atoms with E-state index in [1.807, 2.05) is 7.05 Å².